The highest BCUT2D eigenvalue weighted by atomic mass is 16.5. The Morgan fingerprint density at radius 3 is 2.26 bits per heavy atom. The van der Waals surface area contributed by atoms with Crippen LogP contribution in [0.4, 0.5) is 5.69 Å². The van der Waals surface area contributed by atoms with Crippen molar-refractivity contribution in [3.8, 4) is 5.75 Å². The third kappa shape index (κ3) is 3.91. The van der Waals surface area contributed by atoms with E-state index in [4.69, 9.17) is 4.74 Å². The molecular weight excluding hydrogens is 480 g/mol. The zero-order valence-corrected chi connectivity index (χ0v) is 20.8. The fraction of sp³-hybridized carbons (Fsp3) is 0.226. The molecule has 2 saturated heterocycles. The highest BCUT2D eigenvalue weighted by Crippen LogP contribution is 2.49. The number of nitrogens with zero attached hydrogens (tertiary/aromatic N) is 2. The predicted molar refractivity (Wildman–Crippen MR) is 141 cm³/mol. The second-order valence-electron chi connectivity index (χ2n) is 9.86. The van der Waals surface area contributed by atoms with Crippen molar-refractivity contribution in [3.05, 3.63) is 102 Å². The number of carbonyl (C=O) groups is 4. The van der Waals surface area contributed by atoms with E-state index in [2.05, 4.69) is 0 Å². The molecule has 0 spiro atoms. The van der Waals surface area contributed by atoms with E-state index in [9.17, 15) is 19.2 Å². The number of ether oxygens (including phenoxy) is 1. The molecule has 6 rings (SSSR count). The lowest BCUT2D eigenvalue weighted by molar-refractivity contribution is -0.140. The molecule has 190 valence electrons. The van der Waals surface area contributed by atoms with E-state index >= 15 is 0 Å². The summed E-state index contributed by atoms with van der Waals surface area (Å²) in [6.45, 7) is 1.59. The Labute approximate surface area is 220 Å². The van der Waals surface area contributed by atoms with Gasteiger partial charge in [0.05, 0.1) is 17.9 Å². The van der Waals surface area contributed by atoms with E-state index in [1.54, 1.807) is 24.3 Å². The molecule has 7 heteroatoms. The molecule has 0 N–H and O–H groups in total. The maximum atomic E-state index is 14.1. The first-order valence-corrected chi connectivity index (χ1v) is 12.7. The molecule has 0 saturated carbocycles. The number of likely N-dealkylation sites (tertiary alicyclic amines) is 1. The van der Waals surface area contributed by atoms with Gasteiger partial charge in [-0.05, 0) is 47.9 Å². The maximum Gasteiger partial charge on any atom is 0.308 e. The minimum Gasteiger partial charge on any atom is -0.427 e. The Bertz CT molecular complexity index is 1460. The molecule has 2 amide bonds. The summed E-state index contributed by atoms with van der Waals surface area (Å²) in [6.07, 6.45) is 4.47. The zero-order chi connectivity index (χ0) is 26.4. The normalized spacial score (nSPS) is 23.2. The lowest BCUT2D eigenvalue weighted by atomic mass is 9.86. The highest BCUT2D eigenvalue weighted by Gasteiger charge is 2.63. The van der Waals surface area contributed by atoms with E-state index in [-0.39, 0.29) is 24.1 Å². The first-order valence-electron chi connectivity index (χ1n) is 12.7. The summed E-state index contributed by atoms with van der Waals surface area (Å²) in [6, 6.07) is 22.5. The smallest absolute Gasteiger partial charge is 0.308 e. The summed E-state index contributed by atoms with van der Waals surface area (Å²) >= 11 is 0. The Kier molecular flexibility index (Phi) is 5.91. The van der Waals surface area contributed by atoms with Crippen molar-refractivity contribution in [3.63, 3.8) is 0 Å². The number of carbonyl (C=O) groups excluding carboxylic acids is 4. The fourth-order valence-corrected chi connectivity index (χ4v) is 6.01. The monoisotopic (exact) mass is 506 g/mol. The Hall–Kier alpha value is -4.52. The minimum atomic E-state index is -0.839. The number of esters is 1. The van der Waals surface area contributed by atoms with Crippen molar-refractivity contribution in [1.82, 2.24) is 4.90 Å². The summed E-state index contributed by atoms with van der Waals surface area (Å²) in [5, 5.41) is 0. The molecule has 3 aliphatic heterocycles. The number of anilines is 1. The summed E-state index contributed by atoms with van der Waals surface area (Å²) in [5.41, 5.74) is 3.20. The van der Waals surface area contributed by atoms with Gasteiger partial charge in [-0.1, -0.05) is 60.7 Å². The number of hydrogen-bond acceptors (Lipinski definition) is 6. The Morgan fingerprint density at radius 1 is 0.842 bits per heavy atom. The topological polar surface area (TPSA) is 84.0 Å². The first-order chi connectivity index (χ1) is 18.4. The molecule has 0 aliphatic carbocycles. The summed E-state index contributed by atoms with van der Waals surface area (Å²) < 4.78 is 5.11. The van der Waals surface area contributed by atoms with Crippen molar-refractivity contribution in [2.24, 2.45) is 11.8 Å². The van der Waals surface area contributed by atoms with Crippen LogP contribution < -0.4 is 9.64 Å². The van der Waals surface area contributed by atoms with Crippen LogP contribution in [0.15, 0.2) is 84.9 Å². The molecule has 3 aliphatic rings. The minimum absolute atomic E-state index is 0.226. The van der Waals surface area contributed by atoms with Gasteiger partial charge in [-0.15, -0.1) is 0 Å². The molecule has 38 heavy (non-hydrogen) atoms. The van der Waals surface area contributed by atoms with Crippen molar-refractivity contribution in [2.45, 2.75) is 25.4 Å². The third-order valence-corrected chi connectivity index (χ3v) is 7.64. The summed E-state index contributed by atoms with van der Waals surface area (Å²) in [7, 11) is 0. The van der Waals surface area contributed by atoms with E-state index in [1.165, 1.54) is 11.8 Å². The number of para-hydroxylation sites is 1. The van der Waals surface area contributed by atoms with Gasteiger partial charge < -0.3 is 9.64 Å². The molecule has 3 aromatic carbocycles. The second-order valence-corrected chi connectivity index (χ2v) is 9.86. The number of hydrogen-bond donors (Lipinski definition) is 0. The first kappa shape index (κ1) is 23.9. The average molecular weight is 507 g/mol. The van der Waals surface area contributed by atoms with Gasteiger partial charge >= 0.3 is 5.97 Å². The molecular formula is C31H26N2O5. The quantitative estimate of drug-likeness (QED) is 0.218. The molecule has 0 unspecified atom stereocenters. The van der Waals surface area contributed by atoms with Crippen molar-refractivity contribution < 1.29 is 23.9 Å². The predicted octanol–water partition coefficient (Wildman–Crippen LogP) is 3.92. The lowest BCUT2D eigenvalue weighted by Gasteiger charge is -2.36. The van der Waals surface area contributed by atoms with Crippen LogP contribution in [-0.2, 0) is 20.8 Å². The number of Topliss-reactive ketones (excluding diaryl/α,β-unsaturated/α-hetero) is 1. The third-order valence-electron chi connectivity index (χ3n) is 7.64. The van der Waals surface area contributed by atoms with Gasteiger partial charge in [-0.3, -0.25) is 24.1 Å². The molecule has 0 aromatic heterocycles. The van der Waals surface area contributed by atoms with Gasteiger partial charge in [0.1, 0.15) is 11.8 Å². The number of imide groups is 1. The number of amides is 2. The molecule has 4 atom stereocenters. The van der Waals surface area contributed by atoms with Crippen molar-refractivity contribution in [1.29, 1.82) is 0 Å². The van der Waals surface area contributed by atoms with Gasteiger partial charge in [-0.25, -0.2) is 0 Å². The van der Waals surface area contributed by atoms with Crippen LogP contribution in [-0.4, -0.2) is 47.1 Å². The number of ketones is 1. The van der Waals surface area contributed by atoms with Crippen LogP contribution in [0, 0.1) is 11.8 Å². The van der Waals surface area contributed by atoms with E-state index in [1.807, 2.05) is 71.6 Å². The molecule has 2 fully saturated rings. The van der Waals surface area contributed by atoms with E-state index in [0.717, 1.165) is 16.8 Å². The van der Waals surface area contributed by atoms with Crippen LogP contribution >= 0.6 is 0 Å². The highest BCUT2D eigenvalue weighted by molar-refractivity contribution is 6.14. The number of benzene rings is 3. The molecule has 3 aromatic rings. The van der Waals surface area contributed by atoms with Crippen LogP contribution in [0.25, 0.3) is 6.08 Å². The van der Waals surface area contributed by atoms with Gasteiger partial charge in [0, 0.05) is 24.7 Å². The second kappa shape index (κ2) is 9.41. The molecule has 7 nitrogen and oxygen atoms in total. The molecule has 0 radical (unpaired) electrons. The van der Waals surface area contributed by atoms with Gasteiger partial charge in [0.2, 0.25) is 11.8 Å². The van der Waals surface area contributed by atoms with Crippen LogP contribution in [0.2, 0.25) is 0 Å². The van der Waals surface area contributed by atoms with E-state index < -0.39 is 29.9 Å². The van der Waals surface area contributed by atoms with Crippen LogP contribution in [0.3, 0.4) is 0 Å². The lowest BCUT2D eigenvalue weighted by Crippen LogP contribution is -2.49. The van der Waals surface area contributed by atoms with Gasteiger partial charge in [0.25, 0.3) is 0 Å². The van der Waals surface area contributed by atoms with E-state index in [0.29, 0.717) is 17.7 Å². The Morgan fingerprint density at radius 2 is 1.53 bits per heavy atom. The molecule has 0 bridgehead atoms. The summed E-state index contributed by atoms with van der Waals surface area (Å²) in [4.78, 5) is 56.2. The van der Waals surface area contributed by atoms with Crippen LogP contribution in [0.5, 0.6) is 5.75 Å². The number of fused-ring (bicyclic) bond motifs is 5. The average Bonchev–Trinajstić information content (AvgIpc) is 3.40. The summed E-state index contributed by atoms with van der Waals surface area (Å²) in [5.74, 6) is -2.32. The van der Waals surface area contributed by atoms with Crippen molar-refractivity contribution in [2.75, 3.05) is 11.4 Å². The SMILES string of the molecule is CC(=O)Oc1ccc(C(=O)[C@H]2[C@@H]3C(=O)N(CCc4ccccc4)C(=O)[C@@H]3[C@H]3C=Cc4ccccc4N32)cc1. The number of rotatable bonds is 6. The van der Waals surface area contributed by atoms with Crippen LogP contribution in [0.1, 0.15) is 28.4 Å². The van der Waals surface area contributed by atoms with Crippen molar-refractivity contribution >= 4 is 35.3 Å². The largest absolute Gasteiger partial charge is 0.427 e. The maximum absolute atomic E-state index is 14.1. The van der Waals surface area contributed by atoms with Gasteiger partial charge in [0.15, 0.2) is 5.78 Å². The molecule has 3 heterocycles. The zero-order valence-electron chi connectivity index (χ0n) is 20.8. The van der Waals surface area contributed by atoms with Gasteiger partial charge in [-0.2, -0.15) is 0 Å². The fourth-order valence-electron chi connectivity index (χ4n) is 6.01. The Balaban J connectivity index is 1.36. The standard InChI is InChI=1S/C31H26N2O5/c1-19(34)38-23-14-11-22(12-15-23)29(35)28-27-26(25-16-13-21-9-5-6-10-24(21)33(25)28)30(36)32(31(27)37)18-17-20-7-3-2-4-8-20/h2-16,25-28H,17-18H2,1H3/t25-,26-,27-,28-/m1/s1.